The summed E-state index contributed by atoms with van der Waals surface area (Å²) in [6.07, 6.45) is -1.49. The molecule has 0 aliphatic carbocycles. The van der Waals surface area contributed by atoms with Crippen LogP contribution in [0.4, 0.5) is 0 Å². The van der Waals surface area contributed by atoms with Gasteiger partial charge >= 0.3 is 5.97 Å². The van der Waals surface area contributed by atoms with Crippen LogP contribution in [-0.4, -0.2) is 37.6 Å². The van der Waals surface area contributed by atoms with Crippen LogP contribution >= 0.6 is 0 Å². The molecule has 5 N–H and O–H groups in total. The van der Waals surface area contributed by atoms with Crippen molar-refractivity contribution in [1.29, 1.82) is 0 Å². The number of rotatable bonds is 3. The lowest BCUT2D eigenvalue weighted by Crippen LogP contribution is -2.34. The van der Waals surface area contributed by atoms with Gasteiger partial charge in [-0.25, -0.2) is 4.79 Å². The van der Waals surface area contributed by atoms with E-state index in [1.807, 2.05) is 6.07 Å². The van der Waals surface area contributed by atoms with Gasteiger partial charge < -0.3 is 35.0 Å². The molecule has 1 heterocycles. The van der Waals surface area contributed by atoms with Crippen molar-refractivity contribution in [2.45, 2.75) is 18.6 Å². The molecule has 3 aromatic rings. The van der Waals surface area contributed by atoms with Gasteiger partial charge in [0.25, 0.3) is 0 Å². The molecule has 0 aromatic heterocycles. The van der Waals surface area contributed by atoms with Crippen molar-refractivity contribution in [3.8, 4) is 34.5 Å². The minimum atomic E-state index is -0.864. The summed E-state index contributed by atoms with van der Waals surface area (Å²) < 4.78 is 11.6. The van der Waals surface area contributed by atoms with E-state index in [4.69, 9.17) is 9.47 Å². The monoisotopic (exact) mass is 410 g/mol. The molecule has 0 saturated carbocycles. The number of esters is 1. The Morgan fingerprint density at radius 1 is 0.900 bits per heavy atom. The molecule has 3 aromatic carbocycles. The van der Waals surface area contributed by atoms with Crippen molar-refractivity contribution in [3.63, 3.8) is 0 Å². The Balaban J connectivity index is 1.69. The quantitative estimate of drug-likeness (QED) is 0.328. The number of carbonyl (C=O) groups is 1. The summed E-state index contributed by atoms with van der Waals surface area (Å²) in [5.74, 6) is -3.03. The molecule has 8 heteroatoms. The summed E-state index contributed by atoms with van der Waals surface area (Å²) in [6.45, 7) is 0. The average molecular weight is 410 g/mol. The second kappa shape index (κ2) is 7.40. The van der Waals surface area contributed by atoms with E-state index in [0.717, 1.165) is 12.1 Å². The fourth-order valence-corrected chi connectivity index (χ4v) is 3.40. The first kappa shape index (κ1) is 19.3. The third-order valence-corrected chi connectivity index (χ3v) is 4.86. The van der Waals surface area contributed by atoms with Crippen molar-refractivity contribution >= 4 is 5.97 Å². The highest BCUT2D eigenvalue weighted by Crippen LogP contribution is 2.43. The number of ether oxygens (including phenoxy) is 2. The van der Waals surface area contributed by atoms with Crippen LogP contribution in [0, 0.1) is 0 Å². The highest BCUT2D eigenvalue weighted by molar-refractivity contribution is 5.91. The Hall–Kier alpha value is -4.07. The van der Waals surface area contributed by atoms with Crippen molar-refractivity contribution in [1.82, 2.24) is 0 Å². The molecular formula is C22H18O8. The van der Waals surface area contributed by atoms with Crippen LogP contribution in [0.5, 0.6) is 34.5 Å². The fraction of sp³-hybridized carbons (Fsp3) is 0.136. The zero-order valence-electron chi connectivity index (χ0n) is 15.5. The molecule has 1 aliphatic rings. The molecule has 0 bridgehead atoms. The molecular weight excluding hydrogens is 392 g/mol. The molecule has 154 valence electrons. The van der Waals surface area contributed by atoms with E-state index in [-0.39, 0.29) is 29.2 Å². The van der Waals surface area contributed by atoms with Crippen LogP contribution < -0.4 is 4.74 Å². The number of hydrogen-bond donors (Lipinski definition) is 5. The summed E-state index contributed by atoms with van der Waals surface area (Å²) in [5, 5.41) is 48.7. The largest absolute Gasteiger partial charge is 0.508 e. The predicted molar refractivity (Wildman–Crippen MR) is 104 cm³/mol. The van der Waals surface area contributed by atoms with Crippen LogP contribution in [0.15, 0.2) is 54.6 Å². The van der Waals surface area contributed by atoms with Gasteiger partial charge in [-0.2, -0.15) is 0 Å². The van der Waals surface area contributed by atoms with Crippen molar-refractivity contribution < 1.29 is 39.8 Å². The first-order valence-corrected chi connectivity index (χ1v) is 9.06. The predicted octanol–water partition coefficient (Wildman–Crippen LogP) is 3.12. The Labute approximate surface area is 170 Å². The molecule has 8 nitrogen and oxygen atoms in total. The van der Waals surface area contributed by atoms with Gasteiger partial charge in [0.05, 0.1) is 5.56 Å². The molecule has 4 rings (SSSR count). The highest BCUT2D eigenvalue weighted by Gasteiger charge is 2.36. The van der Waals surface area contributed by atoms with E-state index in [2.05, 4.69) is 0 Å². The summed E-state index contributed by atoms with van der Waals surface area (Å²) in [5.41, 5.74) is 0.907. The summed E-state index contributed by atoms with van der Waals surface area (Å²) in [4.78, 5) is 12.7. The van der Waals surface area contributed by atoms with Crippen LogP contribution in [0.1, 0.15) is 27.6 Å². The topological polar surface area (TPSA) is 137 Å². The number of benzene rings is 3. The zero-order chi connectivity index (χ0) is 21.4. The first-order chi connectivity index (χ1) is 14.3. The second-order valence-corrected chi connectivity index (χ2v) is 6.90. The maximum absolute atomic E-state index is 12.7. The standard InChI is InChI=1S/C22H18O8/c23-13-8-15(24)14-10-19(21(29-18(14)9-13)11-4-2-1-3-5-11)30-22(28)12-6-16(25)20(27)17(26)7-12/h1-9,19,21,23-27H,10H2/t19?,21-/m0/s1. The van der Waals surface area contributed by atoms with E-state index >= 15 is 0 Å². The van der Waals surface area contributed by atoms with Gasteiger partial charge in [0.1, 0.15) is 23.4 Å². The minimum absolute atomic E-state index is 0.1000. The smallest absolute Gasteiger partial charge is 0.338 e. The number of hydrogen-bond acceptors (Lipinski definition) is 8. The molecule has 0 spiro atoms. The van der Waals surface area contributed by atoms with E-state index in [1.54, 1.807) is 24.3 Å². The lowest BCUT2D eigenvalue weighted by Gasteiger charge is -2.34. The Kier molecular flexibility index (Phi) is 4.75. The number of phenolic OH excluding ortho intramolecular Hbond substituents is 5. The van der Waals surface area contributed by atoms with Gasteiger partial charge in [-0.1, -0.05) is 30.3 Å². The number of fused-ring (bicyclic) bond motifs is 1. The van der Waals surface area contributed by atoms with E-state index in [0.29, 0.717) is 11.1 Å². The van der Waals surface area contributed by atoms with Crippen molar-refractivity contribution in [3.05, 3.63) is 71.3 Å². The zero-order valence-corrected chi connectivity index (χ0v) is 15.5. The summed E-state index contributed by atoms with van der Waals surface area (Å²) in [7, 11) is 0. The lowest BCUT2D eigenvalue weighted by molar-refractivity contribution is -0.0188. The molecule has 2 atom stereocenters. The lowest BCUT2D eigenvalue weighted by atomic mass is 9.93. The maximum atomic E-state index is 12.7. The molecule has 0 saturated heterocycles. The number of phenols is 5. The van der Waals surface area contributed by atoms with E-state index in [9.17, 15) is 30.3 Å². The van der Waals surface area contributed by atoms with Crippen LogP contribution in [-0.2, 0) is 11.2 Å². The van der Waals surface area contributed by atoms with Gasteiger partial charge in [-0.05, 0) is 17.7 Å². The van der Waals surface area contributed by atoms with Gasteiger partial charge in [-0.15, -0.1) is 0 Å². The molecule has 1 aliphatic heterocycles. The Morgan fingerprint density at radius 2 is 1.57 bits per heavy atom. The van der Waals surface area contributed by atoms with Crippen molar-refractivity contribution in [2.75, 3.05) is 0 Å². The van der Waals surface area contributed by atoms with E-state index < -0.39 is 35.4 Å². The normalized spacial score (nSPS) is 17.6. The van der Waals surface area contributed by atoms with Crippen LogP contribution in [0.2, 0.25) is 0 Å². The Bertz CT molecular complexity index is 1090. The minimum Gasteiger partial charge on any atom is -0.508 e. The maximum Gasteiger partial charge on any atom is 0.338 e. The van der Waals surface area contributed by atoms with Crippen molar-refractivity contribution in [2.24, 2.45) is 0 Å². The number of carbonyl (C=O) groups excluding carboxylic acids is 1. The van der Waals surface area contributed by atoms with Gasteiger partial charge in [-0.3, -0.25) is 0 Å². The highest BCUT2D eigenvalue weighted by atomic mass is 16.6. The third kappa shape index (κ3) is 3.50. The first-order valence-electron chi connectivity index (χ1n) is 9.06. The molecule has 0 amide bonds. The summed E-state index contributed by atoms with van der Waals surface area (Å²) in [6, 6.07) is 13.5. The third-order valence-electron chi connectivity index (χ3n) is 4.86. The van der Waals surface area contributed by atoms with Crippen LogP contribution in [0.3, 0.4) is 0 Å². The molecule has 1 unspecified atom stereocenters. The molecule has 30 heavy (non-hydrogen) atoms. The van der Waals surface area contributed by atoms with E-state index in [1.165, 1.54) is 12.1 Å². The van der Waals surface area contributed by atoms with Gasteiger partial charge in [0.2, 0.25) is 0 Å². The SMILES string of the molecule is O=C(OC1Cc2c(O)cc(O)cc2O[C@H]1c1ccccc1)c1cc(O)c(O)c(O)c1. The Morgan fingerprint density at radius 3 is 2.23 bits per heavy atom. The average Bonchev–Trinajstić information content (AvgIpc) is 2.72. The molecule has 0 radical (unpaired) electrons. The summed E-state index contributed by atoms with van der Waals surface area (Å²) >= 11 is 0. The molecule has 0 fully saturated rings. The van der Waals surface area contributed by atoms with Gasteiger partial charge in [0.15, 0.2) is 23.4 Å². The van der Waals surface area contributed by atoms with Gasteiger partial charge in [0, 0.05) is 24.1 Å². The number of aromatic hydroxyl groups is 5. The fourth-order valence-electron chi connectivity index (χ4n) is 3.40. The second-order valence-electron chi connectivity index (χ2n) is 6.90. The van der Waals surface area contributed by atoms with Crippen LogP contribution in [0.25, 0.3) is 0 Å².